The van der Waals surface area contributed by atoms with Gasteiger partial charge >= 0.3 is 7.12 Å². The summed E-state index contributed by atoms with van der Waals surface area (Å²) in [4.78, 5) is 0. The maximum atomic E-state index is 5.65. The van der Waals surface area contributed by atoms with Crippen LogP contribution in [0.4, 0.5) is 0 Å². The monoisotopic (exact) mass is 190 g/mol. The third kappa shape index (κ3) is 1.99. The van der Waals surface area contributed by atoms with E-state index in [-0.39, 0.29) is 7.12 Å². The summed E-state index contributed by atoms with van der Waals surface area (Å²) in [5.41, 5.74) is 2.46. The Labute approximate surface area is 85.4 Å². The van der Waals surface area contributed by atoms with Crippen LogP contribution in [-0.2, 0) is 15.9 Å². The number of benzene rings is 1. The van der Waals surface area contributed by atoms with Gasteiger partial charge in [-0.05, 0) is 17.4 Å². The lowest BCUT2D eigenvalue weighted by Crippen LogP contribution is -2.32. The van der Waals surface area contributed by atoms with E-state index in [2.05, 4.69) is 19.1 Å². The molecule has 0 saturated heterocycles. The minimum absolute atomic E-state index is 0.127. The van der Waals surface area contributed by atoms with Gasteiger partial charge in [-0.15, -0.1) is 0 Å². The molecule has 0 saturated carbocycles. The lowest BCUT2D eigenvalue weighted by molar-refractivity contribution is 0.209. The first kappa shape index (κ1) is 9.75. The van der Waals surface area contributed by atoms with Gasteiger partial charge < -0.3 is 9.31 Å². The van der Waals surface area contributed by atoms with Gasteiger partial charge in [-0.1, -0.05) is 37.6 Å². The van der Waals surface area contributed by atoms with Crippen LogP contribution in [0, 0.1) is 0 Å². The van der Waals surface area contributed by atoms with Crippen molar-refractivity contribution in [3.8, 4) is 0 Å². The van der Waals surface area contributed by atoms with Gasteiger partial charge in [-0.25, -0.2) is 0 Å². The second-order valence-electron chi connectivity index (χ2n) is 3.57. The molecule has 1 aromatic carbocycles. The lowest BCUT2D eigenvalue weighted by Gasteiger charge is -2.07. The van der Waals surface area contributed by atoms with Crippen molar-refractivity contribution in [2.45, 2.75) is 26.4 Å². The summed E-state index contributed by atoms with van der Waals surface area (Å²) < 4.78 is 11.2. The van der Waals surface area contributed by atoms with Crippen molar-refractivity contribution in [2.24, 2.45) is 0 Å². The second kappa shape index (κ2) is 4.62. The SMILES string of the molecule is CCCCOB1OCc2ccccc21. The van der Waals surface area contributed by atoms with E-state index in [0.717, 1.165) is 19.4 Å². The Bertz CT molecular complexity index is 301. The van der Waals surface area contributed by atoms with Crippen LogP contribution in [0.5, 0.6) is 0 Å². The predicted molar refractivity (Wildman–Crippen MR) is 57.5 cm³/mol. The molecule has 1 aliphatic rings. The largest absolute Gasteiger partial charge is 0.494 e. The van der Waals surface area contributed by atoms with E-state index in [1.807, 2.05) is 12.1 Å². The summed E-state index contributed by atoms with van der Waals surface area (Å²) in [6.07, 6.45) is 2.26. The number of hydrogen-bond acceptors (Lipinski definition) is 2. The topological polar surface area (TPSA) is 18.5 Å². The van der Waals surface area contributed by atoms with E-state index < -0.39 is 0 Å². The summed E-state index contributed by atoms with van der Waals surface area (Å²) >= 11 is 0. The van der Waals surface area contributed by atoms with Crippen LogP contribution in [0.1, 0.15) is 25.3 Å². The fourth-order valence-corrected chi connectivity index (χ4v) is 1.62. The fraction of sp³-hybridized carbons (Fsp3) is 0.455. The zero-order valence-electron chi connectivity index (χ0n) is 8.53. The zero-order valence-corrected chi connectivity index (χ0v) is 8.53. The Morgan fingerprint density at radius 3 is 3.14 bits per heavy atom. The van der Waals surface area contributed by atoms with E-state index in [0.29, 0.717) is 6.61 Å². The third-order valence-corrected chi connectivity index (χ3v) is 2.47. The molecular weight excluding hydrogens is 175 g/mol. The molecule has 0 amide bonds. The first-order valence-corrected chi connectivity index (χ1v) is 5.23. The Balaban J connectivity index is 1.96. The fourth-order valence-electron chi connectivity index (χ4n) is 1.62. The van der Waals surface area contributed by atoms with Gasteiger partial charge in [0.05, 0.1) is 6.61 Å². The molecule has 2 rings (SSSR count). The Hall–Kier alpha value is -0.795. The molecule has 0 aromatic heterocycles. The molecule has 0 radical (unpaired) electrons. The summed E-state index contributed by atoms with van der Waals surface area (Å²) in [6.45, 7) is 3.63. The molecule has 0 fully saturated rings. The summed E-state index contributed by atoms with van der Waals surface area (Å²) in [5.74, 6) is 0. The van der Waals surface area contributed by atoms with Crippen molar-refractivity contribution < 1.29 is 9.31 Å². The van der Waals surface area contributed by atoms with Crippen LogP contribution in [0.3, 0.4) is 0 Å². The van der Waals surface area contributed by atoms with Gasteiger partial charge in [0, 0.05) is 6.61 Å². The molecule has 0 aliphatic carbocycles. The maximum absolute atomic E-state index is 5.65. The van der Waals surface area contributed by atoms with Gasteiger partial charge in [0.25, 0.3) is 0 Å². The van der Waals surface area contributed by atoms with E-state index in [9.17, 15) is 0 Å². The Kier molecular flexibility index (Phi) is 3.22. The van der Waals surface area contributed by atoms with E-state index in [1.165, 1.54) is 11.0 Å². The van der Waals surface area contributed by atoms with Crippen molar-refractivity contribution in [1.82, 2.24) is 0 Å². The number of fused-ring (bicyclic) bond motifs is 1. The molecule has 0 N–H and O–H groups in total. The van der Waals surface area contributed by atoms with Crippen molar-refractivity contribution >= 4 is 12.6 Å². The van der Waals surface area contributed by atoms with Gasteiger partial charge in [-0.2, -0.15) is 0 Å². The van der Waals surface area contributed by atoms with Gasteiger partial charge in [0.1, 0.15) is 0 Å². The molecule has 0 spiro atoms. The highest BCUT2D eigenvalue weighted by molar-refractivity contribution is 6.62. The highest BCUT2D eigenvalue weighted by Gasteiger charge is 2.29. The normalized spacial score (nSPS) is 14.5. The average molecular weight is 190 g/mol. The van der Waals surface area contributed by atoms with Crippen molar-refractivity contribution in [3.05, 3.63) is 29.8 Å². The first-order valence-electron chi connectivity index (χ1n) is 5.23. The summed E-state index contributed by atoms with van der Waals surface area (Å²) in [5, 5.41) is 0. The smallest absolute Gasteiger partial charge is 0.407 e. The first-order chi connectivity index (χ1) is 6.92. The van der Waals surface area contributed by atoms with Gasteiger partial charge in [0.2, 0.25) is 0 Å². The molecule has 74 valence electrons. The average Bonchev–Trinajstić information content (AvgIpc) is 2.63. The van der Waals surface area contributed by atoms with Crippen LogP contribution in [0.2, 0.25) is 0 Å². The van der Waals surface area contributed by atoms with E-state index in [1.54, 1.807) is 0 Å². The number of unbranched alkanes of at least 4 members (excludes halogenated alkanes) is 1. The van der Waals surface area contributed by atoms with Crippen LogP contribution in [-0.4, -0.2) is 13.7 Å². The molecule has 0 bridgehead atoms. The number of hydrogen-bond donors (Lipinski definition) is 0. The van der Waals surface area contributed by atoms with E-state index in [4.69, 9.17) is 9.31 Å². The molecule has 2 nitrogen and oxygen atoms in total. The van der Waals surface area contributed by atoms with Crippen LogP contribution >= 0.6 is 0 Å². The van der Waals surface area contributed by atoms with Crippen molar-refractivity contribution in [2.75, 3.05) is 6.61 Å². The number of rotatable bonds is 4. The predicted octanol–water partition coefficient (Wildman–Crippen LogP) is 1.73. The minimum Gasteiger partial charge on any atom is -0.407 e. The molecule has 0 unspecified atom stereocenters. The van der Waals surface area contributed by atoms with Crippen LogP contribution in [0.25, 0.3) is 0 Å². The van der Waals surface area contributed by atoms with Crippen molar-refractivity contribution in [3.63, 3.8) is 0 Å². The van der Waals surface area contributed by atoms with E-state index >= 15 is 0 Å². The van der Waals surface area contributed by atoms with Crippen LogP contribution < -0.4 is 5.46 Å². The summed E-state index contributed by atoms with van der Waals surface area (Å²) in [7, 11) is -0.127. The second-order valence-corrected chi connectivity index (χ2v) is 3.57. The Morgan fingerprint density at radius 2 is 2.29 bits per heavy atom. The molecule has 1 aliphatic heterocycles. The molecule has 1 aromatic rings. The minimum atomic E-state index is -0.127. The molecule has 3 heteroatoms. The maximum Gasteiger partial charge on any atom is 0.494 e. The third-order valence-electron chi connectivity index (χ3n) is 2.47. The molecular formula is C11H15BO2. The Morgan fingerprint density at radius 1 is 1.43 bits per heavy atom. The van der Waals surface area contributed by atoms with Gasteiger partial charge in [0.15, 0.2) is 0 Å². The summed E-state index contributed by atoms with van der Waals surface area (Å²) in [6, 6.07) is 8.25. The van der Waals surface area contributed by atoms with Crippen LogP contribution in [0.15, 0.2) is 24.3 Å². The molecule has 0 atom stereocenters. The standard InChI is InChI=1S/C11H15BO2/c1-2-3-8-13-12-11-7-5-4-6-10(11)9-14-12/h4-7H,2-3,8-9H2,1H3. The zero-order chi connectivity index (χ0) is 9.80. The van der Waals surface area contributed by atoms with Crippen molar-refractivity contribution in [1.29, 1.82) is 0 Å². The van der Waals surface area contributed by atoms with Gasteiger partial charge in [-0.3, -0.25) is 0 Å². The molecule has 14 heavy (non-hydrogen) atoms. The highest BCUT2D eigenvalue weighted by Crippen LogP contribution is 2.11. The molecule has 1 heterocycles. The lowest BCUT2D eigenvalue weighted by atomic mass is 9.79. The quantitative estimate of drug-likeness (QED) is 0.531. The highest BCUT2D eigenvalue weighted by atomic mass is 16.6.